The molecule has 2 heterocycles. The van der Waals surface area contributed by atoms with Crippen molar-refractivity contribution in [2.45, 2.75) is 59.3 Å². The second-order valence-electron chi connectivity index (χ2n) is 9.52. The fourth-order valence-electron chi connectivity index (χ4n) is 4.25. The third-order valence-corrected chi connectivity index (χ3v) is 6.87. The Bertz CT molecular complexity index is 1080. The molecule has 1 unspecified atom stereocenters. The summed E-state index contributed by atoms with van der Waals surface area (Å²) in [5, 5.41) is 4.56. The molecule has 7 heteroatoms. The zero-order valence-corrected chi connectivity index (χ0v) is 22.5. The maximum absolute atomic E-state index is 12.5. The first-order valence-electron chi connectivity index (χ1n) is 12.2. The van der Waals surface area contributed by atoms with Crippen LogP contribution in [-0.2, 0) is 9.53 Å². The molecule has 2 aliphatic rings. The van der Waals surface area contributed by atoms with Crippen LogP contribution in [0.1, 0.15) is 64.9 Å². The first kappa shape index (κ1) is 27.2. The number of Topliss-reactive ketones (excluding diaryl/α,β-unsaturated/α-hetero) is 1. The van der Waals surface area contributed by atoms with Gasteiger partial charge in [0.2, 0.25) is 5.88 Å². The summed E-state index contributed by atoms with van der Waals surface area (Å²) in [5.41, 5.74) is 4.38. The Kier molecular flexibility index (Phi) is 10.2. The van der Waals surface area contributed by atoms with Crippen LogP contribution in [0.2, 0.25) is 10.0 Å². The zero-order valence-electron chi connectivity index (χ0n) is 21.0. The van der Waals surface area contributed by atoms with Crippen LogP contribution < -0.4 is 5.32 Å². The van der Waals surface area contributed by atoms with Crippen molar-refractivity contribution in [2.75, 3.05) is 13.7 Å². The Morgan fingerprint density at radius 2 is 1.94 bits per heavy atom. The predicted molar refractivity (Wildman–Crippen MR) is 147 cm³/mol. The Balaban J connectivity index is 1.75. The average Bonchev–Trinajstić information content (AvgIpc) is 3.24. The molecule has 0 fully saturated rings. The quantitative estimate of drug-likeness (QED) is 0.372. The lowest BCUT2D eigenvalue weighted by Crippen LogP contribution is -2.20. The molecule has 1 aromatic rings. The molecule has 3 rings (SSSR count). The maximum atomic E-state index is 12.5. The highest BCUT2D eigenvalue weighted by Gasteiger charge is 2.23. The second kappa shape index (κ2) is 13.1. The largest absolute Gasteiger partial charge is 0.481 e. The molecule has 0 saturated carbocycles. The minimum absolute atomic E-state index is 0.129. The van der Waals surface area contributed by atoms with Gasteiger partial charge in [0, 0.05) is 24.3 Å². The van der Waals surface area contributed by atoms with Crippen LogP contribution in [0.4, 0.5) is 0 Å². The second-order valence-corrected chi connectivity index (χ2v) is 10.3. The number of allylic oxidation sites excluding steroid dienone is 3. The standard InChI is InChI=1S/C28H35Cl2N3O2/c1-18(2)12-22-15-26(33-28(22)21-10-11-24(29)25(30)14-21)31-17-23(19(3)34)13-20-8-6-5-7-9-27(35-4)32-16-20/h8-11,14,16,18,23H,5-7,12-13,15,17H2,1-4H3,(H,31,33)/b20-8-,27-9-,32-16-. The van der Waals surface area contributed by atoms with Crippen LogP contribution in [0.15, 0.2) is 57.4 Å². The molecule has 0 aromatic heterocycles. The molecule has 2 aliphatic heterocycles. The van der Waals surface area contributed by atoms with E-state index in [1.807, 2.05) is 30.5 Å². The van der Waals surface area contributed by atoms with Gasteiger partial charge in [0.15, 0.2) is 0 Å². The highest BCUT2D eigenvalue weighted by atomic mass is 35.5. The van der Waals surface area contributed by atoms with Crippen molar-refractivity contribution in [3.8, 4) is 0 Å². The van der Waals surface area contributed by atoms with Gasteiger partial charge in [0.25, 0.3) is 0 Å². The van der Waals surface area contributed by atoms with E-state index in [2.05, 4.69) is 30.2 Å². The number of hydrogen-bond acceptors (Lipinski definition) is 4. The predicted octanol–water partition coefficient (Wildman–Crippen LogP) is 7.41. The van der Waals surface area contributed by atoms with Gasteiger partial charge in [0.05, 0.1) is 23.7 Å². The molecular weight excluding hydrogens is 481 g/mol. The van der Waals surface area contributed by atoms with E-state index in [1.54, 1.807) is 14.0 Å². The number of carbonyl (C=O) groups is 1. The van der Waals surface area contributed by atoms with Crippen LogP contribution in [-0.4, -0.2) is 31.5 Å². The minimum atomic E-state index is -0.208. The Morgan fingerprint density at radius 1 is 1.17 bits per heavy atom. The molecule has 188 valence electrons. The summed E-state index contributed by atoms with van der Waals surface area (Å²) >= 11 is 12.4. The van der Waals surface area contributed by atoms with Gasteiger partial charge >= 0.3 is 0 Å². The van der Waals surface area contributed by atoms with Crippen LogP contribution in [0, 0.1) is 11.8 Å². The monoisotopic (exact) mass is 515 g/mol. The molecule has 0 spiro atoms. The lowest BCUT2D eigenvalue weighted by atomic mass is 9.95. The van der Waals surface area contributed by atoms with Gasteiger partial charge in [-0.25, -0.2) is 4.99 Å². The van der Waals surface area contributed by atoms with Gasteiger partial charge < -0.3 is 10.1 Å². The van der Waals surface area contributed by atoms with E-state index >= 15 is 0 Å². The Labute approximate surface area is 219 Å². The van der Waals surface area contributed by atoms with Crippen molar-refractivity contribution in [1.29, 1.82) is 0 Å². The Hall–Kier alpha value is -2.37. The minimum Gasteiger partial charge on any atom is -0.481 e. The van der Waals surface area contributed by atoms with E-state index in [9.17, 15) is 4.79 Å². The van der Waals surface area contributed by atoms with Crippen LogP contribution in [0.25, 0.3) is 5.70 Å². The number of aliphatic imine (C=N–C) groups is 2. The molecule has 0 radical (unpaired) electrons. The number of benzene rings is 1. The Morgan fingerprint density at radius 3 is 2.63 bits per heavy atom. The highest BCUT2D eigenvalue weighted by Crippen LogP contribution is 2.32. The topological polar surface area (TPSA) is 63.0 Å². The number of carbonyl (C=O) groups excluding carboxylic acids is 1. The molecular formula is C28H35Cl2N3O2. The summed E-state index contributed by atoms with van der Waals surface area (Å²) in [6, 6.07) is 5.68. The van der Waals surface area contributed by atoms with Gasteiger partial charge in [-0.15, -0.1) is 0 Å². The van der Waals surface area contributed by atoms with E-state index in [-0.39, 0.29) is 11.7 Å². The number of rotatable bonds is 9. The SMILES string of the molecule is COC1=C\CCC\C=C(CC(CN=C2CC(CC(C)C)=C(c3ccc(Cl)c(Cl)c3)N2)C(C)=O)/C=N\1. The third-order valence-electron chi connectivity index (χ3n) is 6.13. The number of nitrogens with one attached hydrogen (secondary N) is 1. The first-order chi connectivity index (χ1) is 16.8. The van der Waals surface area contributed by atoms with Gasteiger partial charge in [-0.3, -0.25) is 9.79 Å². The summed E-state index contributed by atoms with van der Waals surface area (Å²) in [5.74, 6) is 1.93. The number of methoxy groups -OCH3 is 1. The third kappa shape index (κ3) is 8.08. The number of hydrogen-bond donors (Lipinski definition) is 1. The van der Waals surface area contributed by atoms with E-state index in [0.717, 1.165) is 54.8 Å². The van der Waals surface area contributed by atoms with Gasteiger partial charge in [-0.2, -0.15) is 0 Å². The van der Waals surface area contributed by atoms with Crippen molar-refractivity contribution in [3.63, 3.8) is 0 Å². The van der Waals surface area contributed by atoms with Crippen LogP contribution >= 0.6 is 23.2 Å². The van der Waals surface area contributed by atoms with Crippen molar-refractivity contribution in [2.24, 2.45) is 21.8 Å². The van der Waals surface area contributed by atoms with Gasteiger partial charge in [0.1, 0.15) is 11.6 Å². The molecule has 35 heavy (non-hydrogen) atoms. The van der Waals surface area contributed by atoms with Gasteiger partial charge in [-0.05, 0) is 79.9 Å². The maximum Gasteiger partial charge on any atom is 0.208 e. The van der Waals surface area contributed by atoms with E-state index < -0.39 is 0 Å². The summed E-state index contributed by atoms with van der Waals surface area (Å²) in [6.45, 7) is 6.48. The number of halogens is 2. The highest BCUT2D eigenvalue weighted by molar-refractivity contribution is 6.42. The van der Waals surface area contributed by atoms with Crippen molar-refractivity contribution in [3.05, 3.63) is 63.0 Å². The summed E-state index contributed by atoms with van der Waals surface area (Å²) in [7, 11) is 1.63. The summed E-state index contributed by atoms with van der Waals surface area (Å²) in [4.78, 5) is 21.8. The van der Waals surface area contributed by atoms with Crippen LogP contribution in [0.3, 0.4) is 0 Å². The smallest absolute Gasteiger partial charge is 0.208 e. The summed E-state index contributed by atoms with van der Waals surface area (Å²) in [6.07, 6.45) is 11.2. The number of nitrogens with zero attached hydrogens (tertiary/aromatic N) is 2. The molecule has 1 atom stereocenters. The molecule has 1 N–H and O–H groups in total. The van der Waals surface area contributed by atoms with Crippen molar-refractivity contribution < 1.29 is 9.53 Å². The average molecular weight is 517 g/mol. The first-order valence-corrected chi connectivity index (χ1v) is 13.0. The number of amidine groups is 1. The van der Waals surface area contributed by atoms with Crippen LogP contribution in [0.5, 0.6) is 0 Å². The molecule has 5 nitrogen and oxygen atoms in total. The van der Waals surface area contributed by atoms with E-state index in [4.69, 9.17) is 32.9 Å². The van der Waals surface area contributed by atoms with E-state index in [0.29, 0.717) is 34.8 Å². The fraction of sp³-hybridized carbons (Fsp3) is 0.464. The lowest BCUT2D eigenvalue weighted by molar-refractivity contribution is -0.120. The molecule has 0 saturated heterocycles. The van der Waals surface area contributed by atoms with Crippen molar-refractivity contribution >= 4 is 46.7 Å². The number of ketones is 1. The molecule has 0 aliphatic carbocycles. The zero-order chi connectivity index (χ0) is 25.4. The molecule has 1 aromatic carbocycles. The van der Waals surface area contributed by atoms with Crippen molar-refractivity contribution in [1.82, 2.24) is 5.32 Å². The fourth-order valence-corrected chi connectivity index (χ4v) is 4.55. The van der Waals surface area contributed by atoms with E-state index in [1.165, 1.54) is 5.57 Å². The van der Waals surface area contributed by atoms with Gasteiger partial charge in [-0.1, -0.05) is 49.2 Å². The molecule has 0 amide bonds. The number of ether oxygens (including phenoxy) is 1. The lowest BCUT2D eigenvalue weighted by Gasteiger charge is -2.13. The summed E-state index contributed by atoms with van der Waals surface area (Å²) < 4.78 is 5.31. The molecule has 0 bridgehead atoms. The normalized spacial score (nSPS) is 22.4.